The first-order valence-electron chi connectivity index (χ1n) is 3.14. The van der Waals surface area contributed by atoms with Gasteiger partial charge < -0.3 is 4.74 Å². The van der Waals surface area contributed by atoms with Gasteiger partial charge in [-0.25, -0.2) is 0 Å². The summed E-state index contributed by atoms with van der Waals surface area (Å²) in [4.78, 5) is -0.276. The molecule has 0 aromatic heterocycles. The van der Waals surface area contributed by atoms with Gasteiger partial charge in [0.25, 0.3) is 0 Å². The molecule has 0 atom stereocenters. The van der Waals surface area contributed by atoms with Gasteiger partial charge in [0.1, 0.15) is 10.6 Å². The van der Waals surface area contributed by atoms with Gasteiger partial charge in [-0.3, -0.25) is 0 Å². The molecule has 0 aliphatic heterocycles. The third kappa shape index (κ3) is 1.96. The van der Waals surface area contributed by atoms with Crippen molar-refractivity contribution in [2.45, 2.75) is 4.90 Å². The smallest absolute Gasteiger partial charge is 0.324 e. The van der Waals surface area contributed by atoms with Gasteiger partial charge in [-0.15, -0.1) is 0 Å². The number of methoxy groups -OCH3 is 1. The standard InChI is InChI=1S/C7H7O4S/c1-11-6-3-2-4-7(5-6)12(8,9)10/h2-5H,1H3. The number of ether oxygens (including phenoxy) is 1. The van der Waals surface area contributed by atoms with Crippen molar-refractivity contribution in [2.75, 3.05) is 7.11 Å². The predicted molar refractivity (Wildman–Crippen MR) is 40.9 cm³/mol. The average molecular weight is 187 g/mol. The summed E-state index contributed by atoms with van der Waals surface area (Å²) in [7, 11) is -2.97. The second kappa shape index (κ2) is 3.12. The highest BCUT2D eigenvalue weighted by Crippen LogP contribution is 2.16. The molecule has 0 fully saturated rings. The Balaban J connectivity index is 3.20. The maximum absolute atomic E-state index is 10.5. The summed E-state index contributed by atoms with van der Waals surface area (Å²) in [6.07, 6.45) is 0. The normalized spacial score (nSPS) is 11.2. The quantitative estimate of drug-likeness (QED) is 0.688. The molecule has 0 spiro atoms. The van der Waals surface area contributed by atoms with Crippen molar-refractivity contribution >= 4 is 10.1 Å². The maximum Gasteiger partial charge on any atom is 0.324 e. The van der Waals surface area contributed by atoms with Gasteiger partial charge in [0.2, 0.25) is 0 Å². The Labute approximate surface area is 70.5 Å². The van der Waals surface area contributed by atoms with E-state index in [0.29, 0.717) is 5.75 Å². The third-order valence-corrected chi connectivity index (χ3v) is 2.16. The number of hydrogen-bond acceptors (Lipinski definition) is 3. The number of rotatable bonds is 2. The first kappa shape index (κ1) is 9.02. The van der Waals surface area contributed by atoms with Crippen LogP contribution in [-0.4, -0.2) is 15.5 Å². The van der Waals surface area contributed by atoms with Crippen LogP contribution in [0.5, 0.6) is 5.75 Å². The largest absolute Gasteiger partial charge is 0.497 e. The summed E-state index contributed by atoms with van der Waals surface area (Å²) in [5.41, 5.74) is 0. The second-order valence-electron chi connectivity index (χ2n) is 2.13. The van der Waals surface area contributed by atoms with Crippen molar-refractivity contribution in [1.29, 1.82) is 0 Å². The lowest BCUT2D eigenvalue weighted by Crippen LogP contribution is -1.96. The van der Waals surface area contributed by atoms with Crippen molar-refractivity contribution in [1.82, 2.24) is 0 Å². The lowest BCUT2D eigenvalue weighted by Gasteiger charge is -1.99. The minimum atomic E-state index is -4.37. The van der Waals surface area contributed by atoms with E-state index in [1.54, 1.807) is 6.07 Å². The topological polar surface area (TPSA) is 63.3 Å². The zero-order valence-corrected chi connectivity index (χ0v) is 7.17. The molecular formula is C7H7O4S. The molecule has 0 unspecified atom stereocenters. The highest BCUT2D eigenvalue weighted by molar-refractivity contribution is 7.85. The zero-order valence-electron chi connectivity index (χ0n) is 6.35. The minimum Gasteiger partial charge on any atom is -0.497 e. The first-order chi connectivity index (χ1) is 5.54. The molecule has 1 aromatic rings. The fraction of sp³-hybridized carbons (Fsp3) is 0.143. The lowest BCUT2D eigenvalue weighted by atomic mass is 10.3. The Morgan fingerprint density at radius 2 is 2.00 bits per heavy atom. The van der Waals surface area contributed by atoms with Crippen LogP contribution >= 0.6 is 0 Å². The average Bonchev–Trinajstić information content (AvgIpc) is 2.03. The molecule has 1 aromatic carbocycles. The highest BCUT2D eigenvalue weighted by atomic mass is 32.2. The SMILES string of the molecule is COc1cccc(S([O])(=O)=O)c1. The molecule has 65 valence electrons. The van der Waals surface area contributed by atoms with Gasteiger partial charge in [0.15, 0.2) is 0 Å². The molecule has 1 rings (SSSR count). The van der Waals surface area contributed by atoms with Crippen molar-refractivity contribution in [3.8, 4) is 5.75 Å². The summed E-state index contributed by atoms with van der Waals surface area (Å²) < 4.78 is 36.2. The van der Waals surface area contributed by atoms with Crippen LogP contribution in [-0.2, 0) is 14.7 Å². The van der Waals surface area contributed by atoms with Gasteiger partial charge in [-0.1, -0.05) is 10.6 Å². The van der Waals surface area contributed by atoms with Crippen LogP contribution in [0.4, 0.5) is 0 Å². The van der Waals surface area contributed by atoms with E-state index in [4.69, 9.17) is 4.74 Å². The highest BCUT2D eigenvalue weighted by Gasteiger charge is 2.11. The predicted octanol–water partition coefficient (Wildman–Crippen LogP) is 0.814. The van der Waals surface area contributed by atoms with E-state index in [1.165, 1.54) is 25.3 Å². The van der Waals surface area contributed by atoms with Crippen LogP contribution in [0, 0.1) is 0 Å². The summed E-state index contributed by atoms with van der Waals surface area (Å²) in [5.74, 6) is 0.354. The van der Waals surface area contributed by atoms with Crippen molar-refractivity contribution in [2.24, 2.45) is 0 Å². The van der Waals surface area contributed by atoms with Gasteiger partial charge >= 0.3 is 10.1 Å². The molecule has 0 aliphatic carbocycles. The molecular weight excluding hydrogens is 180 g/mol. The van der Waals surface area contributed by atoms with Crippen LogP contribution in [0.1, 0.15) is 0 Å². The third-order valence-electron chi connectivity index (χ3n) is 1.33. The van der Waals surface area contributed by atoms with Gasteiger partial charge in [0, 0.05) is 6.07 Å². The molecule has 0 heterocycles. The molecule has 0 saturated carbocycles. The lowest BCUT2D eigenvalue weighted by molar-refractivity contribution is 0.405. The summed E-state index contributed by atoms with van der Waals surface area (Å²) in [6, 6.07) is 5.42. The fourth-order valence-electron chi connectivity index (χ4n) is 0.757. The van der Waals surface area contributed by atoms with Gasteiger partial charge in [0.05, 0.1) is 7.11 Å². The Morgan fingerprint density at radius 1 is 1.33 bits per heavy atom. The molecule has 12 heavy (non-hydrogen) atoms. The Hall–Kier alpha value is -1.07. The van der Waals surface area contributed by atoms with E-state index in [2.05, 4.69) is 0 Å². The van der Waals surface area contributed by atoms with Crippen molar-refractivity contribution in [3.05, 3.63) is 24.3 Å². The van der Waals surface area contributed by atoms with E-state index < -0.39 is 10.1 Å². The molecule has 0 saturated heterocycles. The van der Waals surface area contributed by atoms with Crippen LogP contribution < -0.4 is 4.74 Å². The summed E-state index contributed by atoms with van der Waals surface area (Å²) in [6.45, 7) is 0. The summed E-state index contributed by atoms with van der Waals surface area (Å²) >= 11 is 0. The van der Waals surface area contributed by atoms with Crippen LogP contribution in [0.3, 0.4) is 0 Å². The van der Waals surface area contributed by atoms with E-state index in [-0.39, 0.29) is 4.90 Å². The molecule has 0 aliphatic rings. The van der Waals surface area contributed by atoms with Crippen LogP contribution in [0.15, 0.2) is 29.2 Å². The van der Waals surface area contributed by atoms with E-state index in [9.17, 15) is 13.0 Å². The van der Waals surface area contributed by atoms with E-state index in [1.807, 2.05) is 0 Å². The monoisotopic (exact) mass is 187 g/mol. The van der Waals surface area contributed by atoms with E-state index >= 15 is 0 Å². The molecule has 1 radical (unpaired) electrons. The molecule has 0 bridgehead atoms. The molecule has 5 heteroatoms. The first-order valence-corrected chi connectivity index (χ1v) is 4.55. The van der Waals surface area contributed by atoms with Gasteiger partial charge in [-0.05, 0) is 12.1 Å². The Bertz CT molecular complexity index is 369. The Morgan fingerprint density at radius 3 is 2.50 bits per heavy atom. The van der Waals surface area contributed by atoms with Crippen molar-refractivity contribution < 1.29 is 17.7 Å². The van der Waals surface area contributed by atoms with Crippen LogP contribution in [0.25, 0.3) is 0 Å². The number of benzene rings is 1. The maximum atomic E-state index is 10.5. The second-order valence-corrected chi connectivity index (χ2v) is 3.51. The molecule has 4 nitrogen and oxygen atoms in total. The fourth-order valence-corrected chi connectivity index (χ4v) is 1.26. The zero-order chi connectivity index (χ0) is 9.19. The van der Waals surface area contributed by atoms with E-state index in [0.717, 1.165) is 0 Å². The number of hydrogen-bond donors (Lipinski definition) is 0. The Kier molecular flexibility index (Phi) is 2.35. The molecule has 0 amide bonds. The van der Waals surface area contributed by atoms with Crippen molar-refractivity contribution in [3.63, 3.8) is 0 Å². The summed E-state index contributed by atoms with van der Waals surface area (Å²) in [5, 5.41) is 0. The minimum absolute atomic E-state index is 0.276. The van der Waals surface area contributed by atoms with Crippen LogP contribution in [0.2, 0.25) is 0 Å². The molecule has 0 N–H and O–H groups in total. The van der Waals surface area contributed by atoms with Gasteiger partial charge in [-0.2, -0.15) is 8.42 Å².